The van der Waals surface area contributed by atoms with E-state index < -0.39 is 0 Å². The molecule has 0 aliphatic heterocycles. The second-order valence-electron chi connectivity index (χ2n) is 6.61. The fourth-order valence-corrected chi connectivity index (χ4v) is 3.34. The maximum absolute atomic E-state index is 6.14. The number of benzene rings is 2. The fraction of sp³-hybridized carbons (Fsp3) is 0.136. The van der Waals surface area contributed by atoms with Gasteiger partial charge in [0.25, 0.3) is 0 Å². The molecule has 29 heavy (non-hydrogen) atoms. The molecule has 2 heterocycles. The van der Waals surface area contributed by atoms with E-state index >= 15 is 0 Å². The number of pyridine rings is 1. The summed E-state index contributed by atoms with van der Waals surface area (Å²) in [4.78, 5) is 5.84. The summed E-state index contributed by atoms with van der Waals surface area (Å²) in [5, 5.41) is 13.9. The lowest BCUT2D eigenvalue weighted by Gasteiger charge is -2.04. The Hall–Kier alpha value is -2.73. The van der Waals surface area contributed by atoms with Crippen LogP contribution >= 0.6 is 23.2 Å². The third-order valence-corrected chi connectivity index (χ3v) is 5.16. The monoisotopic (exact) mass is 423 g/mol. The summed E-state index contributed by atoms with van der Waals surface area (Å²) in [7, 11) is 0. The van der Waals surface area contributed by atoms with Crippen molar-refractivity contribution in [2.45, 2.75) is 19.6 Å². The van der Waals surface area contributed by atoms with Crippen LogP contribution in [0.4, 0.5) is 0 Å². The van der Waals surface area contributed by atoms with Crippen molar-refractivity contribution in [3.63, 3.8) is 0 Å². The topological polar surface area (TPSA) is 55.6 Å². The van der Waals surface area contributed by atoms with Gasteiger partial charge in [-0.3, -0.25) is 4.98 Å². The molecule has 0 unspecified atom stereocenters. The van der Waals surface area contributed by atoms with E-state index in [0.29, 0.717) is 29.7 Å². The molecule has 0 spiro atoms. The molecule has 2 aromatic carbocycles. The van der Waals surface area contributed by atoms with Gasteiger partial charge in [0.15, 0.2) is 0 Å². The Bertz CT molecular complexity index is 1080. The van der Waals surface area contributed by atoms with Crippen molar-refractivity contribution in [3.05, 3.63) is 99.9 Å². The van der Waals surface area contributed by atoms with Crippen molar-refractivity contribution < 1.29 is 0 Å². The molecule has 7 heteroatoms. The van der Waals surface area contributed by atoms with Crippen LogP contribution in [0, 0.1) is 0 Å². The normalized spacial score (nSPS) is 11.0. The van der Waals surface area contributed by atoms with E-state index in [-0.39, 0.29) is 0 Å². The van der Waals surface area contributed by atoms with Crippen molar-refractivity contribution in [2.75, 3.05) is 0 Å². The molecule has 1 N–H and O–H groups in total. The Morgan fingerprint density at radius 2 is 1.69 bits per heavy atom. The standard InChI is InChI=1S/C22H19Cl2N5/c23-19-9-8-16(11-20(19)24)15-29-27-21(14-26-13-17-5-4-10-25-12-17)22(28-29)18-6-2-1-3-7-18/h1-12,26H,13-15H2. The van der Waals surface area contributed by atoms with Crippen LogP contribution in [0.15, 0.2) is 73.1 Å². The second kappa shape index (κ2) is 9.18. The molecule has 0 bridgehead atoms. The van der Waals surface area contributed by atoms with E-state index in [4.69, 9.17) is 33.4 Å². The van der Waals surface area contributed by atoms with Gasteiger partial charge in [-0.1, -0.05) is 65.7 Å². The SMILES string of the molecule is Clc1ccc(Cn2nc(CNCc3cccnc3)c(-c3ccccc3)n2)cc1Cl. The quantitative estimate of drug-likeness (QED) is 0.455. The van der Waals surface area contributed by atoms with Gasteiger partial charge in [0.1, 0.15) is 11.4 Å². The molecule has 0 amide bonds. The first-order valence-electron chi connectivity index (χ1n) is 9.22. The Balaban J connectivity index is 1.56. The number of halogens is 2. The van der Waals surface area contributed by atoms with Crippen molar-refractivity contribution in [2.24, 2.45) is 0 Å². The van der Waals surface area contributed by atoms with E-state index in [2.05, 4.69) is 10.3 Å². The zero-order valence-electron chi connectivity index (χ0n) is 15.6. The van der Waals surface area contributed by atoms with Gasteiger partial charge in [-0.25, -0.2) is 0 Å². The third kappa shape index (κ3) is 5.01. The Labute approximate surface area is 179 Å². The Morgan fingerprint density at radius 3 is 2.45 bits per heavy atom. The summed E-state index contributed by atoms with van der Waals surface area (Å²) in [6.07, 6.45) is 3.62. The average Bonchev–Trinajstić information content (AvgIpc) is 3.15. The molecule has 146 valence electrons. The van der Waals surface area contributed by atoms with Gasteiger partial charge in [-0.2, -0.15) is 15.0 Å². The first kappa shape index (κ1) is 19.6. The lowest BCUT2D eigenvalue weighted by molar-refractivity contribution is 0.576. The van der Waals surface area contributed by atoms with Gasteiger partial charge in [-0.05, 0) is 29.3 Å². The van der Waals surface area contributed by atoms with Crippen LogP contribution in [-0.4, -0.2) is 20.0 Å². The zero-order valence-corrected chi connectivity index (χ0v) is 17.1. The van der Waals surface area contributed by atoms with Crippen LogP contribution in [-0.2, 0) is 19.6 Å². The van der Waals surface area contributed by atoms with Crippen LogP contribution in [0.1, 0.15) is 16.8 Å². The molecule has 2 aromatic heterocycles. The molecule has 0 saturated carbocycles. The molecule has 0 fully saturated rings. The van der Waals surface area contributed by atoms with Crippen LogP contribution in [0.25, 0.3) is 11.3 Å². The maximum Gasteiger partial charge on any atom is 0.117 e. The minimum absolute atomic E-state index is 0.513. The molecule has 0 aliphatic carbocycles. The molecule has 0 radical (unpaired) electrons. The number of hydrogen-bond donors (Lipinski definition) is 1. The summed E-state index contributed by atoms with van der Waals surface area (Å²) in [6, 6.07) is 19.6. The molecule has 4 rings (SSSR count). The highest BCUT2D eigenvalue weighted by molar-refractivity contribution is 6.42. The van der Waals surface area contributed by atoms with E-state index in [1.54, 1.807) is 17.1 Å². The lowest BCUT2D eigenvalue weighted by Crippen LogP contribution is -2.14. The fourth-order valence-electron chi connectivity index (χ4n) is 3.02. The van der Waals surface area contributed by atoms with Crippen molar-refractivity contribution >= 4 is 23.2 Å². The second-order valence-corrected chi connectivity index (χ2v) is 7.42. The van der Waals surface area contributed by atoms with Crippen molar-refractivity contribution in [1.82, 2.24) is 25.3 Å². The number of rotatable bonds is 7. The van der Waals surface area contributed by atoms with Gasteiger partial charge >= 0.3 is 0 Å². The summed E-state index contributed by atoms with van der Waals surface area (Å²) >= 11 is 12.2. The highest BCUT2D eigenvalue weighted by Crippen LogP contribution is 2.24. The molecular weight excluding hydrogens is 405 g/mol. The summed E-state index contributed by atoms with van der Waals surface area (Å²) in [6.45, 7) is 1.82. The minimum atomic E-state index is 0.513. The number of hydrogen-bond acceptors (Lipinski definition) is 4. The molecular formula is C22H19Cl2N5. The highest BCUT2D eigenvalue weighted by Gasteiger charge is 2.13. The Morgan fingerprint density at radius 1 is 0.828 bits per heavy atom. The third-order valence-electron chi connectivity index (χ3n) is 4.42. The summed E-state index contributed by atoms with van der Waals surface area (Å²) in [5.74, 6) is 0. The number of aromatic nitrogens is 4. The van der Waals surface area contributed by atoms with E-state index in [0.717, 1.165) is 28.1 Å². The van der Waals surface area contributed by atoms with Gasteiger partial charge < -0.3 is 5.32 Å². The average molecular weight is 424 g/mol. The highest BCUT2D eigenvalue weighted by atomic mass is 35.5. The minimum Gasteiger partial charge on any atom is -0.307 e. The first-order valence-corrected chi connectivity index (χ1v) is 9.97. The van der Waals surface area contributed by atoms with Crippen LogP contribution in [0.5, 0.6) is 0 Å². The summed E-state index contributed by atoms with van der Waals surface area (Å²) < 4.78 is 0. The smallest absolute Gasteiger partial charge is 0.117 e. The number of nitrogens with one attached hydrogen (secondary N) is 1. The van der Waals surface area contributed by atoms with Gasteiger partial charge in [0.05, 0.1) is 16.6 Å². The predicted molar refractivity (Wildman–Crippen MR) is 116 cm³/mol. The summed E-state index contributed by atoms with van der Waals surface area (Å²) in [5.41, 5.74) is 4.90. The zero-order chi connectivity index (χ0) is 20.1. The van der Waals surface area contributed by atoms with Gasteiger partial charge in [0, 0.05) is 31.0 Å². The van der Waals surface area contributed by atoms with Crippen LogP contribution in [0.2, 0.25) is 10.0 Å². The van der Waals surface area contributed by atoms with Crippen LogP contribution in [0.3, 0.4) is 0 Å². The molecule has 0 aliphatic rings. The predicted octanol–water partition coefficient (Wildman–Crippen LogP) is 4.99. The lowest BCUT2D eigenvalue weighted by atomic mass is 10.1. The Kier molecular flexibility index (Phi) is 6.20. The van der Waals surface area contributed by atoms with Gasteiger partial charge in [0.2, 0.25) is 0 Å². The first-order chi connectivity index (χ1) is 14.2. The number of nitrogens with zero attached hydrogens (tertiary/aromatic N) is 4. The van der Waals surface area contributed by atoms with Crippen LogP contribution < -0.4 is 5.32 Å². The largest absolute Gasteiger partial charge is 0.307 e. The van der Waals surface area contributed by atoms with E-state index in [9.17, 15) is 0 Å². The molecule has 0 saturated heterocycles. The maximum atomic E-state index is 6.14. The molecule has 4 aromatic rings. The molecule has 0 atom stereocenters. The van der Waals surface area contributed by atoms with Crippen molar-refractivity contribution in [1.29, 1.82) is 0 Å². The molecule has 5 nitrogen and oxygen atoms in total. The van der Waals surface area contributed by atoms with Crippen molar-refractivity contribution in [3.8, 4) is 11.3 Å². The van der Waals surface area contributed by atoms with Gasteiger partial charge in [-0.15, -0.1) is 0 Å². The van der Waals surface area contributed by atoms with E-state index in [1.165, 1.54) is 0 Å². The van der Waals surface area contributed by atoms with E-state index in [1.807, 2.05) is 60.8 Å².